The van der Waals surface area contributed by atoms with Crippen LogP contribution in [-0.4, -0.2) is 46.5 Å². The number of hydrogen-bond acceptors (Lipinski definition) is 3. The lowest BCUT2D eigenvalue weighted by molar-refractivity contribution is -0.124. The highest BCUT2D eigenvalue weighted by atomic mass is 35.5. The van der Waals surface area contributed by atoms with E-state index >= 15 is 0 Å². The number of rotatable bonds is 8. The van der Waals surface area contributed by atoms with Crippen LogP contribution in [0.2, 0.25) is 10.0 Å². The zero-order valence-corrected chi connectivity index (χ0v) is 19.3. The lowest BCUT2D eigenvalue weighted by Gasteiger charge is -2.21. The van der Waals surface area contributed by atoms with Gasteiger partial charge in [0.2, 0.25) is 5.91 Å². The van der Waals surface area contributed by atoms with E-state index < -0.39 is 0 Å². The van der Waals surface area contributed by atoms with Gasteiger partial charge in [0.1, 0.15) is 11.9 Å². The first kappa shape index (κ1) is 22.1. The first-order valence-electron chi connectivity index (χ1n) is 11.0. The van der Waals surface area contributed by atoms with Crippen LogP contribution in [0.5, 0.6) is 0 Å². The van der Waals surface area contributed by atoms with Crippen LogP contribution in [0.4, 0.5) is 0 Å². The molecule has 0 aliphatic carbocycles. The lowest BCUT2D eigenvalue weighted by atomic mass is 10.1. The van der Waals surface area contributed by atoms with Crippen molar-refractivity contribution in [2.75, 3.05) is 26.2 Å². The molecule has 4 rings (SSSR count). The molecule has 1 amide bonds. The van der Waals surface area contributed by atoms with Crippen LogP contribution in [0.3, 0.4) is 0 Å². The van der Waals surface area contributed by atoms with Crippen LogP contribution in [-0.2, 0) is 11.2 Å². The zero-order chi connectivity index (χ0) is 21.8. The number of amides is 1. The molecule has 1 aromatic heterocycles. The molecule has 0 radical (unpaired) electrons. The molecule has 1 saturated heterocycles. The van der Waals surface area contributed by atoms with E-state index in [1.54, 1.807) is 6.07 Å². The van der Waals surface area contributed by atoms with Gasteiger partial charge >= 0.3 is 0 Å². The van der Waals surface area contributed by atoms with Crippen molar-refractivity contribution in [1.29, 1.82) is 0 Å². The predicted octanol–water partition coefficient (Wildman–Crippen LogP) is 5.10. The number of benzene rings is 2. The molecule has 0 bridgehead atoms. The number of imidazole rings is 1. The highest BCUT2D eigenvalue weighted by Gasteiger charge is 2.25. The van der Waals surface area contributed by atoms with Crippen LogP contribution in [0, 0.1) is 0 Å². The maximum atomic E-state index is 13.2. The van der Waals surface area contributed by atoms with Gasteiger partial charge in [-0.05, 0) is 50.0 Å². The number of nitrogens with one attached hydrogen (secondary N) is 1. The molecular weight excluding hydrogens is 431 g/mol. The summed E-state index contributed by atoms with van der Waals surface area (Å²) in [7, 11) is 0. The van der Waals surface area contributed by atoms with E-state index in [-0.39, 0.29) is 11.9 Å². The summed E-state index contributed by atoms with van der Waals surface area (Å²) in [5, 5.41) is 4.07. The Bertz CT molecular complexity index is 1040. The molecule has 1 aliphatic heterocycles. The molecule has 1 N–H and O–H groups in total. The molecule has 1 atom stereocenters. The van der Waals surface area contributed by atoms with Gasteiger partial charge in [0.25, 0.3) is 0 Å². The first-order chi connectivity index (χ1) is 15.1. The average molecular weight is 459 g/mol. The summed E-state index contributed by atoms with van der Waals surface area (Å²) in [5.74, 6) is 0.849. The minimum Gasteiger partial charge on any atom is -0.353 e. The topological polar surface area (TPSA) is 50.2 Å². The maximum absolute atomic E-state index is 13.2. The third-order valence-electron chi connectivity index (χ3n) is 5.94. The molecule has 1 fully saturated rings. The van der Waals surface area contributed by atoms with Gasteiger partial charge in [-0.25, -0.2) is 4.98 Å². The fraction of sp³-hybridized carbons (Fsp3) is 0.417. The highest BCUT2D eigenvalue weighted by Crippen LogP contribution is 2.31. The monoisotopic (exact) mass is 458 g/mol. The van der Waals surface area contributed by atoms with E-state index in [0.717, 1.165) is 42.1 Å². The lowest BCUT2D eigenvalue weighted by Crippen LogP contribution is -2.38. The van der Waals surface area contributed by atoms with Crippen molar-refractivity contribution in [3.8, 4) is 0 Å². The summed E-state index contributed by atoms with van der Waals surface area (Å²) in [6.07, 6.45) is 3.78. The number of carbonyl (C=O) groups is 1. The van der Waals surface area contributed by atoms with E-state index in [2.05, 4.69) is 22.3 Å². The Kier molecular flexibility index (Phi) is 7.16. The number of carbonyl (C=O) groups excluding carboxylic acids is 1. The molecule has 31 heavy (non-hydrogen) atoms. The fourth-order valence-corrected chi connectivity index (χ4v) is 4.65. The van der Waals surface area contributed by atoms with Gasteiger partial charge in [-0.3, -0.25) is 4.79 Å². The second-order valence-electron chi connectivity index (χ2n) is 8.08. The second kappa shape index (κ2) is 10.0. The van der Waals surface area contributed by atoms with Crippen molar-refractivity contribution in [1.82, 2.24) is 19.8 Å². The minimum atomic E-state index is -0.362. The number of nitrogens with zero attached hydrogens (tertiary/aromatic N) is 3. The van der Waals surface area contributed by atoms with Crippen LogP contribution < -0.4 is 5.32 Å². The SMILES string of the molecule is CC[C@@H](C(=O)NCCN1CCCC1)n1c(Cc2ccccc2)nc2cc(Cl)c(Cl)cc21. The summed E-state index contributed by atoms with van der Waals surface area (Å²) >= 11 is 12.6. The quantitative estimate of drug-likeness (QED) is 0.510. The maximum Gasteiger partial charge on any atom is 0.243 e. The summed E-state index contributed by atoms with van der Waals surface area (Å²) in [6.45, 7) is 5.83. The van der Waals surface area contributed by atoms with E-state index in [0.29, 0.717) is 29.4 Å². The Hall–Kier alpha value is -2.08. The molecule has 164 valence electrons. The Balaban J connectivity index is 1.64. The molecule has 2 heterocycles. The number of aromatic nitrogens is 2. The largest absolute Gasteiger partial charge is 0.353 e. The van der Waals surface area contributed by atoms with Gasteiger partial charge < -0.3 is 14.8 Å². The minimum absolute atomic E-state index is 0.0152. The second-order valence-corrected chi connectivity index (χ2v) is 8.89. The first-order valence-corrected chi connectivity index (χ1v) is 11.7. The smallest absolute Gasteiger partial charge is 0.243 e. The fourth-order valence-electron chi connectivity index (χ4n) is 4.34. The van der Waals surface area contributed by atoms with Crippen molar-refractivity contribution in [2.45, 2.75) is 38.6 Å². The molecular formula is C24H28Cl2N4O. The van der Waals surface area contributed by atoms with Gasteiger partial charge in [0, 0.05) is 19.5 Å². The van der Waals surface area contributed by atoms with E-state index in [4.69, 9.17) is 28.2 Å². The normalized spacial score (nSPS) is 15.5. The summed E-state index contributed by atoms with van der Waals surface area (Å²) in [4.78, 5) is 20.4. The molecule has 0 unspecified atom stereocenters. The van der Waals surface area contributed by atoms with Gasteiger partial charge in [-0.15, -0.1) is 0 Å². The van der Waals surface area contributed by atoms with Gasteiger partial charge in [-0.1, -0.05) is 60.5 Å². The number of hydrogen-bond donors (Lipinski definition) is 1. The van der Waals surface area contributed by atoms with Crippen molar-refractivity contribution in [3.63, 3.8) is 0 Å². The van der Waals surface area contributed by atoms with Crippen molar-refractivity contribution in [3.05, 3.63) is 63.9 Å². The molecule has 5 nitrogen and oxygen atoms in total. The van der Waals surface area contributed by atoms with E-state index in [9.17, 15) is 4.79 Å². The van der Waals surface area contributed by atoms with Crippen LogP contribution >= 0.6 is 23.2 Å². The zero-order valence-electron chi connectivity index (χ0n) is 17.8. The summed E-state index contributed by atoms with van der Waals surface area (Å²) in [5.41, 5.74) is 2.73. The molecule has 2 aromatic carbocycles. The number of fused-ring (bicyclic) bond motifs is 1. The third-order valence-corrected chi connectivity index (χ3v) is 6.66. The Morgan fingerprint density at radius 1 is 1.13 bits per heavy atom. The van der Waals surface area contributed by atoms with Crippen molar-refractivity contribution >= 4 is 40.1 Å². The third kappa shape index (κ3) is 5.05. The van der Waals surface area contributed by atoms with Crippen LogP contribution in [0.15, 0.2) is 42.5 Å². The summed E-state index contributed by atoms with van der Waals surface area (Å²) < 4.78 is 2.04. The standard InChI is InChI=1S/C24H28Cl2N4O/c1-2-21(24(31)27-10-13-29-11-6-7-12-29)30-22-16-19(26)18(25)15-20(22)28-23(30)14-17-8-4-3-5-9-17/h3-5,8-9,15-16,21H,2,6-7,10-14H2,1H3,(H,27,31)/t21-/m0/s1. The Morgan fingerprint density at radius 2 is 1.84 bits per heavy atom. The van der Waals surface area contributed by atoms with Gasteiger partial charge in [0.05, 0.1) is 21.1 Å². The predicted molar refractivity (Wildman–Crippen MR) is 127 cm³/mol. The van der Waals surface area contributed by atoms with Crippen molar-refractivity contribution in [2.24, 2.45) is 0 Å². The molecule has 1 aliphatic rings. The van der Waals surface area contributed by atoms with Gasteiger partial charge in [-0.2, -0.15) is 0 Å². The molecule has 0 spiro atoms. The average Bonchev–Trinajstić information content (AvgIpc) is 3.39. The molecule has 0 saturated carbocycles. The Labute approximate surface area is 193 Å². The highest BCUT2D eigenvalue weighted by molar-refractivity contribution is 6.42. The Morgan fingerprint density at radius 3 is 2.55 bits per heavy atom. The van der Waals surface area contributed by atoms with E-state index in [1.807, 2.05) is 35.8 Å². The number of likely N-dealkylation sites (tertiary alicyclic amines) is 1. The molecule has 7 heteroatoms. The molecule has 3 aromatic rings. The van der Waals surface area contributed by atoms with Gasteiger partial charge in [0.15, 0.2) is 0 Å². The summed E-state index contributed by atoms with van der Waals surface area (Å²) in [6, 6.07) is 13.4. The van der Waals surface area contributed by atoms with Crippen LogP contribution in [0.1, 0.15) is 43.6 Å². The number of halogens is 2. The van der Waals surface area contributed by atoms with E-state index in [1.165, 1.54) is 12.8 Å². The van der Waals surface area contributed by atoms with Crippen molar-refractivity contribution < 1.29 is 4.79 Å². The van der Waals surface area contributed by atoms with Crippen LogP contribution in [0.25, 0.3) is 11.0 Å².